The molecule has 0 spiro atoms. The largest absolute Gasteiger partial charge is 0.500 e. The lowest BCUT2D eigenvalue weighted by Crippen LogP contribution is -2.05. The second-order valence-corrected chi connectivity index (χ2v) is 4.50. The SMILES string of the molecule is COC1=C(c2cnco2)C=CC(=Nc2ccc(F)cc2)C1. The van der Waals surface area contributed by atoms with Crippen molar-refractivity contribution in [1.29, 1.82) is 0 Å². The van der Waals surface area contributed by atoms with Crippen LogP contribution >= 0.6 is 0 Å². The molecule has 0 saturated carbocycles. The maximum absolute atomic E-state index is 12.9. The molecule has 4 nitrogen and oxygen atoms in total. The normalized spacial score (nSPS) is 16.6. The topological polar surface area (TPSA) is 47.6 Å². The van der Waals surface area contributed by atoms with Crippen molar-refractivity contribution in [3.05, 3.63) is 66.3 Å². The van der Waals surface area contributed by atoms with E-state index >= 15 is 0 Å². The zero-order valence-electron chi connectivity index (χ0n) is 11.4. The van der Waals surface area contributed by atoms with Crippen molar-refractivity contribution in [3.63, 3.8) is 0 Å². The summed E-state index contributed by atoms with van der Waals surface area (Å²) in [4.78, 5) is 8.38. The number of benzene rings is 1. The van der Waals surface area contributed by atoms with E-state index in [2.05, 4.69) is 9.98 Å². The maximum Gasteiger partial charge on any atom is 0.181 e. The number of methoxy groups -OCH3 is 1. The van der Waals surface area contributed by atoms with Crippen molar-refractivity contribution in [2.75, 3.05) is 7.11 Å². The van der Waals surface area contributed by atoms with E-state index < -0.39 is 0 Å². The average molecular weight is 284 g/mol. The Balaban J connectivity index is 1.87. The summed E-state index contributed by atoms with van der Waals surface area (Å²) in [6.45, 7) is 0. The molecule has 1 aromatic carbocycles. The van der Waals surface area contributed by atoms with Crippen LogP contribution in [0.2, 0.25) is 0 Å². The van der Waals surface area contributed by atoms with Gasteiger partial charge in [0.25, 0.3) is 0 Å². The van der Waals surface area contributed by atoms with Gasteiger partial charge in [0.15, 0.2) is 12.2 Å². The first-order valence-electron chi connectivity index (χ1n) is 6.43. The fourth-order valence-corrected chi connectivity index (χ4v) is 2.10. The van der Waals surface area contributed by atoms with Gasteiger partial charge in [0, 0.05) is 12.1 Å². The molecule has 0 atom stereocenters. The van der Waals surface area contributed by atoms with Crippen molar-refractivity contribution in [3.8, 4) is 0 Å². The molecule has 1 heterocycles. The van der Waals surface area contributed by atoms with Crippen molar-refractivity contribution >= 4 is 17.0 Å². The first-order chi connectivity index (χ1) is 10.3. The first-order valence-corrected chi connectivity index (χ1v) is 6.43. The van der Waals surface area contributed by atoms with Crippen LogP contribution in [0.15, 0.2) is 64.2 Å². The Bertz CT molecular complexity index is 713. The molecule has 106 valence electrons. The molecule has 21 heavy (non-hydrogen) atoms. The number of halogens is 1. The second kappa shape index (κ2) is 5.75. The molecular weight excluding hydrogens is 271 g/mol. The van der Waals surface area contributed by atoms with Gasteiger partial charge >= 0.3 is 0 Å². The summed E-state index contributed by atoms with van der Waals surface area (Å²) in [6.07, 6.45) is 7.34. The van der Waals surface area contributed by atoms with Gasteiger partial charge in [-0.3, -0.25) is 4.99 Å². The third-order valence-electron chi connectivity index (χ3n) is 3.13. The first kappa shape index (κ1) is 13.3. The molecule has 1 aliphatic carbocycles. The van der Waals surface area contributed by atoms with E-state index in [1.165, 1.54) is 18.5 Å². The van der Waals surface area contributed by atoms with Crippen molar-refractivity contribution in [2.24, 2.45) is 4.99 Å². The Labute approximate surface area is 121 Å². The molecule has 0 saturated heterocycles. The third-order valence-corrected chi connectivity index (χ3v) is 3.13. The van der Waals surface area contributed by atoms with E-state index in [0.29, 0.717) is 17.9 Å². The van der Waals surface area contributed by atoms with E-state index in [1.54, 1.807) is 25.4 Å². The van der Waals surface area contributed by atoms with Crippen LogP contribution in [0.25, 0.3) is 5.57 Å². The van der Waals surface area contributed by atoms with Crippen LogP contribution in [0.4, 0.5) is 10.1 Å². The Morgan fingerprint density at radius 1 is 1.24 bits per heavy atom. The fraction of sp³-hybridized carbons (Fsp3) is 0.125. The van der Waals surface area contributed by atoms with Gasteiger partial charge < -0.3 is 9.15 Å². The predicted molar refractivity (Wildman–Crippen MR) is 77.7 cm³/mol. The predicted octanol–water partition coefficient (Wildman–Crippen LogP) is 3.90. The summed E-state index contributed by atoms with van der Waals surface area (Å²) in [5.74, 6) is 1.14. The molecule has 2 aromatic rings. The lowest BCUT2D eigenvalue weighted by atomic mass is 10.0. The molecule has 0 N–H and O–H groups in total. The minimum absolute atomic E-state index is 0.275. The van der Waals surface area contributed by atoms with Crippen LogP contribution in [0.5, 0.6) is 0 Å². The number of hydrogen-bond acceptors (Lipinski definition) is 4. The van der Waals surface area contributed by atoms with Crippen LogP contribution in [0.1, 0.15) is 12.2 Å². The van der Waals surface area contributed by atoms with Crippen LogP contribution in [0.3, 0.4) is 0 Å². The summed E-state index contributed by atoms with van der Waals surface area (Å²) in [6, 6.07) is 6.05. The molecule has 0 radical (unpaired) electrons. The highest BCUT2D eigenvalue weighted by atomic mass is 19.1. The minimum Gasteiger partial charge on any atom is -0.500 e. The molecule has 0 unspecified atom stereocenters. The monoisotopic (exact) mass is 284 g/mol. The molecule has 0 amide bonds. The highest BCUT2D eigenvalue weighted by Crippen LogP contribution is 2.28. The number of oxazole rings is 1. The lowest BCUT2D eigenvalue weighted by molar-refractivity contribution is 0.288. The standard InChI is InChI=1S/C16H13FN2O2/c1-20-15-8-13(19-12-4-2-11(17)3-5-12)6-7-14(15)16-9-18-10-21-16/h2-7,9-10H,8H2,1H3. The van der Waals surface area contributed by atoms with Gasteiger partial charge in [-0.05, 0) is 36.4 Å². The molecule has 1 aromatic heterocycles. The van der Waals surface area contributed by atoms with Crippen LogP contribution in [-0.4, -0.2) is 17.8 Å². The smallest absolute Gasteiger partial charge is 0.181 e. The molecule has 0 fully saturated rings. The summed E-state index contributed by atoms with van der Waals surface area (Å²) in [5, 5.41) is 0. The molecule has 5 heteroatoms. The summed E-state index contributed by atoms with van der Waals surface area (Å²) >= 11 is 0. The second-order valence-electron chi connectivity index (χ2n) is 4.50. The highest BCUT2D eigenvalue weighted by Gasteiger charge is 2.17. The Morgan fingerprint density at radius 2 is 2.05 bits per heavy atom. The minimum atomic E-state index is -0.275. The lowest BCUT2D eigenvalue weighted by Gasteiger charge is -2.14. The van der Waals surface area contributed by atoms with Gasteiger partial charge in [0.1, 0.15) is 11.6 Å². The summed E-state index contributed by atoms with van der Waals surface area (Å²) in [7, 11) is 1.61. The summed E-state index contributed by atoms with van der Waals surface area (Å²) < 4.78 is 23.6. The van der Waals surface area contributed by atoms with Gasteiger partial charge in [0.05, 0.1) is 24.6 Å². The number of aromatic nitrogens is 1. The van der Waals surface area contributed by atoms with Gasteiger partial charge in [0.2, 0.25) is 0 Å². The van der Waals surface area contributed by atoms with E-state index in [4.69, 9.17) is 9.15 Å². The molecule has 3 rings (SSSR count). The Morgan fingerprint density at radius 3 is 2.71 bits per heavy atom. The number of hydrogen-bond donors (Lipinski definition) is 0. The number of rotatable bonds is 3. The number of nitrogens with zero attached hydrogens (tertiary/aromatic N) is 2. The number of aliphatic imine (C=N–C) groups is 1. The highest BCUT2D eigenvalue weighted by molar-refractivity contribution is 6.03. The van der Waals surface area contributed by atoms with E-state index in [0.717, 1.165) is 17.0 Å². The summed E-state index contributed by atoms with van der Waals surface area (Å²) in [5.41, 5.74) is 2.39. The van der Waals surface area contributed by atoms with Crippen LogP contribution in [-0.2, 0) is 4.74 Å². The van der Waals surface area contributed by atoms with E-state index in [1.807, 2.05) is 12.2 Å². The number of ether oxygens (including phenoxy) is 1. The Hall–Kier alpha value is -2.69. The zero-order valence-corrected chi connectivity index (χ0v) is 11.4. The van der Waals surface area contributed by atoms with E-state index in [-0.39, 0.29) is 5.82 Å². The van der Waals surface area contributed by atoms with Gasteiger partial charge in [-0.25, -0.2) is 9.37 Å². The Kier molecular flexibility index (Phi) is 3.64. The average Bonchev–Trinajstić information content (AvgIpc) is 3.03. The molecule has 1 aliphatic rings. The molecular formula is C16H13FN2O2. The maximum atomic E-state index is 12.9. The third kappa shape index (κ3) is 2.91. The fourth-order valence-electron chi connectivity index (χ4n) is 2.10. The van der Waals surface area contributed by atoms with Crippen LogP contribution in [0, 0.1) is 5.82 Å². The van der Waals surface area contributed by atoms with E-state index in [9.17, 15) is 4.39 Å². The van der Waals surface area contributed by atoms with Crippen molar-refractivity contribution in [1.82, 2.24) is 4.98 Å². The van der Waals surface area contributed by atoms with Crippen molar-refractivity contribution < 1.29 is 13.5 Å². The number of allylic oxidation sites excluding steroid dienone is 4. The molecule has 0 aliphatic heterocycles. The van der Waals surface area contributed by atoms with Gasteiger partial charge in [-0.2, -0.15) is 0 Å². The van der Waals surface area contributed by atoms with Crippen LogP contribution < -0.4 is 0 Å². The van der Waals surface area contributed by atoms with Gasteiger partial charge in [-0.1, -0.05) is 0 Å². The quantitative estimate of drug-likeness (QED) is 0.858. The van der Waals surface area contributed by atoms with Gasteiger partial charge in [-0.15, -0.1) is 0 Å². The molecule has 0 bridgehead atoms. The zero-order chi connectivity index (χ0) is 14.7. The van der Waals surface area contributed by atoms with Crippen molar-refractivity contribution in [2.45, 2.75) is 6.42 Å².